The maximum Gasteiger partial charge on any atom is 0.249 e. The second-order valence-corrected chi connectivity index (χ2v) is 9.32. The SMILES string of the molecule is Cc1nc(NC(=O)C2CCC(=O)c3cccn32)sc1-c1cnc(OCC(C)C)c(Cl)c1. The number of anilines is 1. The Morgan fingerprint density at radius 1 is 1.45 bits per heavy atom. The lowest BCUT2D eigenvalue weighted by Crippen LogP contribution is -2.31. The zero-order chi connectivity index (χ0) is 22.1. The van der Waals surface area contributed by atoms with E-state index >= 15 is 0 Å². The molecule has 0 radical (unpaired) electrons. The largest absolute Gasteiger partial charge is 0.476 e. The van der Waals surface area contributed by atoms with Gasteiger partial charge in [0.25, 0.3) is 0 Å². The van der Waals surface area contributed by atoms with Crippen LogP contribution in [0.5, 0.6) is 5.88 Å². The smallest absolute Gasteiger partial charge is 0.249 e. The molecule has 162 valence electrons. The summed E-state index contributed by atoms with van der Waals surface area (Å²) in [6, 6.07) is 4.91. The molecule has 0 bridgehead atoms. The third kappa shape index (κ3) is 4.50. The van der Waals surface area contributed by atoms with Gasteiger partial charge < -0.3 is 14.6 Å². The first kappa shape index (κ1) is 21.5. The van der Waals surface area contributed by atoms with Gasteiger partial charge in [0, 0.05) is 24.4 Å². The molecule has 0 spiro atoms. The predicted molar refractivity (Wildman–Crippen MR) is 121 cm³/mol. The fourth-order valence-corrected chi connectivity index (χ4v) is 4.67. The number of carbonyl (C=O) groups is 2. The van der Waals surface area contributed by atoms with Gasteiger partial charge in [-0.2, -0.15) is 0 Å². The first-order chi connectivity index (χ1) is 14.8. The minimum Gasteiger partial charge on any atom is -0.476 e. The summed E-state index contributed by atoms with van der Waals surface area (Å²) in [7, 11) is 0. The van der Waals surface area contributed by atoms with Crippen molar-refractivity contribution in [3.8, 4) is 16.3 Å². The molecule has 31 heavy (non-hydrogen) atoms. The minimum absolute atomic E-state index is 0.0617. The van der Waals surface area contributed by atoms with Gasteiger partial charge in [0.1, 0.15) is 11.1 Å². The van der Waals surface area contributed by atoms with Crippen LogP contribution in [0.2, 0.25) is 5.02 Å². The number of nitrogens with zero attached hydrogens (tertiary/aromatic N) is 3. The van der Waals surface area contributed by atoms with E-state index in [4.69, 9.17) is 16.3 Å². The van der Waals surface area contributed by atoms with Crippen LogP contribution in [0.15, 0.2) is 30.6 Å². The maximum atomic E-state index is 12.9. The number of aryl methyl sites for hydroxylation is 1. The zero-order valence-corrected chi connectivity index (χ0v) is 19.1. The lowest BCUT2D eigenvalue weighted by molar-refractivity contribution is -0.119. The summed E-state index contributed by atoms with van der Waals surface area (Å²) in [5.41, 5.74) is 2.16. The Hall–Kier alpha value is -2.71. The number of fused-ring (bicyclic) bond motifs is 1. The molecule has 0 aromatic carbocycles. The highest BCUT2D eigenvalue weighted by Gasteiger charge is 2.30. The Morgan fingerprint density at radius 3 is 3.00 bits per heavy atom. The summed E-state index contributed by atoms with van der Waals surface area (Å²) in [4.78, 5) is 34.6. The summed E-state index contributed by atoms with van der Waals surface area (Å²) >= 11 is 7.72. The number of pyridine rings is 1. The van der Waals surface area contributed by atoms with Crippen LogP contribution in [0.25, 0.3) is 10.4 Å². The van der Waals surface area contributed by atoms with Crippen molar-refractivity contribution in [2.24, 2.45) is 5.92 Å². The van der Waals surface area contributed by atoms with Gasteiger partial charge in [-0.1, -0.05) is 36.8 Å². The Morgan fingerprint density at radius 2 is 2.26 bits per heavy atom. The molecule has 1 atom stereocenters. The van der Waals surface area contributed by atoms with Crippen LogP contribution >= 0.6 is 22.9 Å². The molecule has 9 heteroatoms. The van der Waals surface area contributed by atoms with E-state index in [1.165, 1.54) is 11.3 Å². The fourth-order valence-electron chi connectivity index (χ4n) is 3.50. The van der Waals surface area contributed by atoms with Crippen LogP contribution < -0.4 is 10.1 Å². The molecular weight excluding hydrogens is 436 g/mol. The predicted octanol–water partition coefficient (Wildman–Crippen LogP) is 5.16. The van der Waals surface area contributed by atoms with Gasteiger partial charge in [-0.05, 0) is 37.5 Å². The third-order valence-corrected chi connectivity index (χ3v) is 6.39. The molecule has 3 aromatic rings. The van der Waals surface area contributed by atoms with Crippen LogP contribution in [-0.2, 0) is 4.79 Å². The van der Waals surface area contributed by atoms with Crippen molar-refractivity contribution in [2.75, 3.05) is 11.9 Å². The van der Waals surface area contributed by atoms with E-state index in [1.54, 1.807) is 35.2 Å². The van der Waals surface area contributed by atoms with E-state index in [9.17, 15) is 9.59 Å². The zero-order valence-electron chi connectivity index (χ0n) is 17.5. The van der Waals surface area contributed by atoms with Crippen molar-refractivity contribution in [3.05, 3.63) is 47.0 Å². The fraction of sp³-hybridized carbons (Fsp3) is 0.364. The molecule has 1 N–H and O–H groups in total. The van der Waals surface area contributed by atoms with Gasteiger partial charge >= 0.3 is 0 Å². The molecule has 1 amide bonds. The van der Waals surface area contributed by atoms with Crippen molar-refractivity contribution in [2.45, 2.75) is 39.7 Å². The number of hydrogen-bond donors (Lipinski definition) is 1. The average Bonchev–Trinajstić information content (AvgIpc) is 3.34. The second-order valence-electron chi connectivity index (χ2n) is 7.92. The van der Waals surface area contributed by atoms with Crippen molar-refractivity contribution in [1.82, 2.24) is 14.5 Å². The number of rotatable bonds is 6. The lowest BCUT2D eigenvalue weighted by Gasteiger charge is -2.24. The number of Topliss-reactive ketones (excluding diaryl/α,β-unsaturated/α-hetero) is 1. The summed E-state index contributed by atoms with van der Waals surface area (Å²) in [6.07, 6.45) is 4.30. The van der Waals surface area contributed by atoms with Gasteiger partial charge in [0.2, 0.25) is 11.8 Å². The number of ether oxygens (including phenoxy) is 1. The Labute approximate surface area is 189 Å². The Kier molecular flexibility index (Phi) is 6.11. The number of aromatic nitrogens is 3. The summed E-state index contributed by atoms with van der Waals surface area (Å²) in [5.74, 6) is 0.659. The number of amides is 1. The van der Waals surface area contributed by atoms with Crippen LogP contribution in [0.3, 0.4) is 0 Å². The van der Waals surface area contributed by atoms with E-state index < -0.39 is 6.04 Å². The van der Waals surface area contributed by atoms with E-state index in [0.29, 0.717) is 47.1 Å². The number of carbonyl (C=O) groups excluding carboxylic acids is 2. The van der Waals surface area contributed by atoms with Gasteiger partial charge in [-0.25, -0.2) is 9.97 Å². The molecule has 0 saturated carbocycles. The van der Waals surface area contributed by atoms with Crippen molar-refractivity contribution >= 4 is 39.8 Å². The molecule has 1 aliphatic heterocycles. The molecule has 7 nitrogen and oxygen atoms in total. The van der Waals surface area contributed by atoms with Crippen molar-refractivity contribution in [1.29, 1.82) is 0 Å². The molecule has 4 rings (SSSR count). The highest BCUT2D eigenvalue weighted by molar-refractivity contribution is 7.19. The molecular formula is C22H23ClN4O3S. The minimum atomic E-state index is -0.427. The molecule has 0 fully saturated rings. The maximum absolute atomic E-state index is 12.9. The lowest BCUT2D eigenvalue weighted by atomic mass is 10.0. The third-order valence-electron chi connectivity index (χ3n) is 5.00. The summed E-state index contributed by atoms with van der Waals surface area (Å²) < 4.78 is 7.37. The summed E-state index contributed by atoms with van der Waals surface area (Å²) in [6.45, 7) is 6.53. The van der Waals surface area contributed by atoms with Gasteiger partial charge in [-0.3, -0.25) is 9.59 Å². The van der Waals surface area contributed by atoms with E-state index in [1.807, 2.05) is 6.92 Å². The first-order valence-electron chi connectivity index (χ1n) is 10.1. The first-order valence-corrected chi connectivity index (χ1v) is 11.3. The van der Waals surface area contributed by atoms with Gasteiger partial charge in [0.15, 0.2) is 10.9 Å². The number of hydrogen-bond acceptors (Lipinski definition) is 6. The molecule has 0 saturated heterocycles. The van der Waals surface area contributed by atoms with Crippen LogP contribution in [-0.4, -0.2) is 32.8 Å². The molecule has 4 heterocycles. The van der Waals surface area contributed by atoms with E-state index in [-0.39, 0.29) is 11.7 Å². The molecule has 0 aliphatic carbocycles. The van der Waals surface area contributed by atoms with Crippen molar-refractivity contribution < 1.29 is 14.3 Å². The monoisotopic (exact) mass is 458 g/mol. The number of halogens is 1. The molecule has 1 unspecified atom stereocenters. The normalized spacial score (nSPS) is 15.8. The number of ketones is 1. The van der Waals surface area contributed by atoms with Crippen molar-refractivity contribution in [3.63, 3.8) is 0 Å². The highest BCUT2D eigenvalue weighted by Crippen LogP contribution is 2.36. The van der Waals surface area contributed by atoms with E-state index in [0.717, 1.165) is 16.1 Å². The summed E-state index contributed by atoms with van der Waals surface area (Å²) in [5, 5.41) is 3.84. The number of nitrogens with one attached hydrogen (secondary N) is 1. The standard InChI is InChI=1S/C22H23ClN4O3S/c1-12(2)11-30-21-15(23)9-14(10-24-21)19-13(3)25-22(31-19)26-20(29)17-6-7-18(28)16-5-4-8-27(16)17/h4-5,8-10,12,17H,6-7,11H2,1-3H3,(H,25,26,29). The topological polar surface area (TPSA) is 86.1 Å². The van der Waals surface area contributed by atoms with Crippen LogP contribution in [0.4, 0.5) is 5.13 Å². The Bertz CT molecular complexity index is 1140. The molecule has 1 aliphatic rings. The highest BCUT2D eigenvalue weighted by atomic mass is 35.5. The van der Waals surface area contributed by atoms with E-state index in [2.05, 4.69) is 29.1 Å². The number of thiazole rings is 1. The van der Waals surface area contributed by atoms with Gasteiger partial charge in [-0.15, -0.1) is 0 Å². The van der Waals surface area contributed by atoms with Gasteiger partial charge in [0.05, 0.1) is 22.9 Å². The van der Waals surface area contributed by atoms with Crippen LogP contribution in [0, 0.1) is 12.8 Å². The second kappa shape index (κ2) is 8.80. The Balaban J connectivity index is 1.51. The molecule has 3 aromatic heterocycles. The quantitative estimate of drug-likeness (QED) is 0.551. The average molecular weight is 459 g/mol. The van der Waals surface area contributed by atoms with Crippen LogP contribution in [0.1, 0.15) is 48.9 Å².